The van der Waals surface area contributed by atoms with E-state index in [9.17, 15) is 0 Å². The SMILES string of the molecule is CC.Cc1ccc2oc3ccccc3c2c1.Cc1cccc2c1oc1ccccc12.c1ccc2c(c1)sc1ccccc12. The molecule has 0 spiro atoms. The normalized spacial score (nSPS) is 10.8. The van der Waals surface area contributed by atoms with Crippen LogP contribution in [0.5, 0.6) is 0 Å². The molecule has 0 aliphatic carbocycles. The molecule has 212 valence electrons. The maximum Gasteiger partial charge on any atom is 0.138 e. The van der Waals surface area contributed by atoms with Crippen molar-refractivity contribution in [2.75, 3.05) is 0 Å². The molecule has 9 aromatic rings. The molecule has 0 atom stereocenters. The number of para-hydroxylation sites is 3. The Hall–Kier alpha value is -4.86. The van der Waals surface area contributed by atoms with Gasteiger partial charge in [0.2, 0.25) is 0 Å². The Bertz CT molecular complexity index is 2240. The van der Waals surface area contributed by atoms with Crippen LogP contribution in [0, 0.1) is 13.8 Å². The summed E-state index contributed by atoms with van der Waals surface area (Å²) in [5.41, 5.74) is 6.37. The Morgan fingerprint density at radius 1 is 0.419 bits per heavy atom. The van der Waals surface area contributed by atoms with Gasteiger partial charge in [-0.05, 0) is 55.8 Å². The third-order valence-electron chi connectivity index (χ3n) is 7.42. The molecule has 0 radical (unpaired) electrons. The summed E-state index contributed by atoms with van der Waals surface area (Å²) in [6.45, 7) is 8.17. The Morgan fingerprint density at radius 2 is 0.907 bits per heavy atom. The molecule has 43 heavy (non-hydrogen) atoms. The van der Waals surface area contributed by atoms with E-state index in [0.29, 0.717) is 0 Å². The van der Waals surface area contributed by atoms with Crippen molar-refractivity contribution in [3.05, 3.63) is 145 Å². The fraction of sp³-hybridized carbons (Fsp3) is 0.100. The topological polar surface area (TPSA) is 26.3 Å². The lowest BCUT2D eigenvalue weighted by atomic mass is 10.1. The fourth-order valence-corrected chi connectivity index (χ4v) is 6.51. The summed E-state index contributed by atoms with van der Waals surface area (Å²) in [7, 11) is 0. The van der Waals surface area contributed by atoms with Crippen molar-refractivity contribution >= 4 is 75.4 Å². The molecule has 3 aromatic heterocycles. The summed E-state index contributed by atoms with van der Waals surface area (Å²) in [6, 6.07) is 45.9. The fourth-order valence-electron chi connectivity index (χ4n) is 5.40. The first-order valence-electron chi connectivity index (χ1n) is 14.8. The molecule has 0 bridgehead atoms. The molecule has 0 aliphatic rings. The van der Waals surface area contributed by atoms with Crippen LogP contribution in [0.4, 0.5) is 0 Å². The predicted molar refractivity (Wildman–Crippen MR) is 188 cm³/mol. The number of thiophene rings is 1. The van der Waals surface area contributed by atoms with Crippen molar-refractivity contribution in [3.63, 3.8) is 0 Å². The molecule has 0 fully saturated rings. The van der Waals surface area contributed by atoms with Crippen molar-refractivity contribution in [3.8, 4) is 0 Å². The van der Waals surface area contributed by atoms with E-state index < -0.39 is 0 Å². The Kier molecular flexibility index (Phi) is 8.26. The minimum Gasteiger partial charge on any atom is -0.456 e. The monoisotopic (exact) mass is 578 g/mol. The van der Waals surface area contributed by atoms with Crippen LogP contribution in [-0.4, -0.2) is 0 Å². The number of hydrogen-bond donors (Lipinski definition) is 0. The van der Waals surface area contributed by atoms with E-state index in [1.165, 1.54) is 52.8 Å². The van der Waals surface area contributed by atoms with Crippen LogP contribution in [-0.2, 0) is 0 Å². The van der Waals surface area contributed by atoms with Gasteiger partial charge < -0.3 is 8.83 Å². The van der Waals surface area contributed by atoms with Crippen molar-refractivity contribution in [2.45, 2.75) is 27.7 Å². The van der Waals surface area contributed by atoms with Gasteiger partial charge in [0, 0.05) is 41.7 Å². The second-order valence-corrected chi connectivity index (χ2v) is 11.3. The molecule has 2 nitrogen and oxygen atoms in total. The van der Waals surface area contributed by atoms with E-state index in [-0.39, 0.29) is 0 Å². The highest BCUT2D eigenvalue weighted by atomic mass is 32.1. The van der Waals surface area contributed by atoms with E-state index in [1.54, 1.807) is 0 Å². The van der Waals surface area contributed by atoms with Gasteiger partial charge in [-0.1, -0.05) is 116 Å². The van der Waals surface area contributed by atoms with Crippen molar-refractivity contribution in [1.82, 2.24) is 0 Å². The molecule has 0 aliphatic heterocycles. The van der Waals surface area contributed by atoms with E-state index in [4.69, 9.17) is 8.83 Å². The third kappa shape index (κ3) is 5.64. The van der Waals surface area contributed by atoms with Gasteiger partial charge in [0.15, 0.2) is 0 Å². The van der Waals surface area contributed by atoms with Gasteiger partial charge in [-0.15, -0.1) is 11.3 Å². The molecular formula is C40H34O2S. The molecule has 0 N–H and O–H groups in total. The molecule has 0 amide bonds. The smallest absolute Gasteiger partial charge is 0.138 e. The Balaban J connectivity index is 0.000000112. The first-order valence-corrected chi connectivity index (χ1v) is 15.6. The lowest BCUT2D eigenvalue weighted by Crippen LogP contribution is -1.70. The first-order chi connectivity index (χ1) is 21.2. The number of rotatable bonds is 0. The van der Waals surface area contributed by atoms with Crippen LogP contribution < -0.4 is 0 Å². The number of hydrogen-bond acceptors (Lipinski definition) is 3. The number of furan rings is 2. The van der Waals surface area contributed by atoms with E-state index in [0.717, 1.165) is 22.3 Å². The molecule has 0 unspecified atom stereocenters. The minimum atomic E-state index is 0.966. The Labute approximate surface area is 255 Å². The van der Waals surface area contributed by atoms with Gasteiger partial charge in [0.1, 0.15) is 22.3 Å². The highest BCUT2D eigenvalue weighted by molar-refractivity contribution is 7.25. The van der Waals surface area contributed by atoms with Gasteiger partial charge in [-0.2, -0.15) is 0 Å². The zero-order chi connectivity index (χ0) is 29.8. The lowest BCUT2D eigenvalue weighted by molar-refractivity contribution is 0.666. The van der Waals surface area contributed by atoms with E-state index in [1.807, 2.05) is 67.6 Å². The summed E-state index contributed by atoms with van der Waals surface area (Å²) in [5.74, 6) is 0. The zero-order valence-corrected chi connectivity index (χ0v) is 25.7. The van der Waals surface area contributed by atoms with Crippen molar-refractivity contribution < 1.29 is 8.83 Å². The summed E-state index contributed by atoms with van der Waals surface area (Å²) in [4.78, 5) is 0. The highest BCUT2D eigenvalue weighted by Gasteiger charge is 2.07. The number of aryl methyl sites for hydroxylation is 2. The van der Waals surface area contributed by atoms with Gasteiger partial charge in [0.05, 0.1) is 0 Å². The van der Waals surface area contributed by atoms with E-state index >= 15 is 0 Å². The average molecular weight is 579 g/mol. The molecule has 3 heterocycles. The predicted octanol–water partition coefficient (Wildman–Crippen LogP) is 12.9. The summed E-state index contributed by atoms with van der Waals surface area (Å²) in [6.07, 6.45) is 0. The lowest BCUT2D eigenvalue weighted by Gasteiger charge is -1.91. The van der Waals surface area contributed by atoms with Gasteiger partial charge in [0.25, 0.3) is 0 Å². The summed E-state index contributed by atoms with van der Waals surface area (Å²) in [5, 5.41) is 7.57. The van der Waals surface area contributed by atoms with Crippen LogP contribution in [0.3, 0.4) is 0 Å². The molecule has 0 saturated carbocycles. The summed E-state index contributed by atoms with van der Waals surface area (Å²) >= 11 is 1.86. The largest absolute Gasteiger partial charge is 0.456 e. The third-order valence-corrected chi connectivity index (χ3v) is 8.57. The molecule has 3 heteroatoms. The quantitative estimate of drug-likeness (QED) is 0.179. The summed E-state index contributed by atoms with van der Waals surface area (Å²) < 4.78 is 14.2. The van der Waals surface area contributed by atoms with Crippen LogP contribution in [0.2, 0.25) is 0 Å². The molecule has 9 rings (SSSR count). The first kappa shape index (κ1) is 28.3. The van der Waals surface area contributed by atoms with Gasteiger partial charge in [-0.3, -0.25) is 0 Å². The minimum absolute atomic E-state index is 0.966. The van der Waals surface area contributed by atoms with Crippen molar-refractivity contribution in [2.24, 2.45) is 0 Å². The Morgan fingerprint density at radius 3 is 1.56 bits per heavy atom. The molecular weight excluding hydrogens is 545 g/mol. The number of fused-ring (bicyclic) bond motifs is 9. The van der Waals surface area contributed by atoms with Crippen molar-refractivity contribution in [1.29, 1.82) is 0 Å². The van der Waals surface area contributed by atoms with E-state index in [2.05, 4.69) is 105 Å². The van der Waals surface area contributed by atoms with Crippen LogP contribution >= 0.6 is 11.3 Å². The molecule has 0 saturated heterocycles. The van der Waals surface area contributed by atoms with Crippen LogP contribution in [0.25, 0.3) is 64.0 Å². The standard InChI is InChI=1S/2C13H10O.C12H8S.C2H6/c1-9-5-4-7-11-10-6-2-3-8-12(10)14-13(9)11;1-9-6-7-13-11(8-9)10-4-2-3-5-12(10)14-13;1-3-7-11-9(5-1)10-6-2-4-8-12(10)13-11;1-2/h2*2-8H,1H3;1-8H;1-2H3. The van der Waals surface area contributed by atoms with Crippen LogP contribution in [0.1, 0.15) is 25.0 Å². The second-order valence-electron chi connectivity index (χ2n) is 10.2. The average Bonchev–Trinajstić information content (AvgIpc) is 3.75. The zero-order valence-electron chi connectivity index (χ0n) is 24.9. The highest BCUT2D eigenvalue weighted by Crippen LogP contribution is 2.33. The van der Waals surface area contributed by atoms with Gasteiger partial charge in [-0.25, -0.2) is 0 Å². The number of benzene rings is 6. The maximum atomic E-state index is 5.78. The van der Waals surface area contributed by atoms with Gasteiger partial charge >= 0.3 is 0 Å². The van der Waals surface area contributed by atoms with Crippen LogP contribution in [0.15, 0.2) is 142 Å². The maximum absolute atomic E-state index is 5.78. The second kappa shape index (κ2) is 12.6. The molecule has 6 aromatic carbocycles.